The van der Waals surface area contributed by atoms with E-state index in [-0.39, 0.29) is 17.6 Å². The first-order chi connectivity index (χ1) is 10.9. The van der Waals surface area contributed by atoms with Crippen molar-refractivity contribution in [2.45, 2.75) is 20.0 Å². The van der Waals surface area contributed by atoms with Gasteiger partial charge in [-0.2, -0.15) is 0 Å². The zero-order valence-electron chi connectivity index (χ0n) is 13.1. The van der Waals surface area contributed by atoms with Crippen molar-refractivity contribution in [2.75, 3.05) is 13.7 Å². The van der Waals surface area contributed by atoms with E-state index in [1.807, 2.05) is 0 Å². The van der Waals surface area contributed by atoms with Crippen molar-refractivity contribution in [2.24, 2.45) is 0 Å². The van der Waals surface area contributed by atoms with Gasteiger partial charge in [-0.15, -0.1) is 0 Å². The van der Waals surface area contributed by atoms with Crippen LogP contribution in [0.3, 0.4) is 0 Å². The second-order valence-electron chi connectivity index (χ2n) is 5.08. The van der Waals surface area contributed by atoms with Gasteiger partial charge in [-0.25, -0.2) is 0 Å². The SMILES string of the molecule is COc1cccc(C=C2SC(=O)N(CC(=O)OC(C)C)C2=O)c1. The standard InChI is InChI=1S/C16H17NO5S/c1-10(2)22-14(18)9-17-15(19)13(23-16(17)20)8-11-5-4-6-12(7-11)21-3/h4-8,10H,9H2,1-3H3. The topological polar surface area (TPSA) is 72.9 Å². The number of benzene rings is 1. The molecule has 0 atom stereocenters. The minimum Gasteiger partial charge on any atom is -0.497 e. The molecule has 0 saturated carbocycles. The maximum absolute atomic E-state index is 12.3. The number of imide groups is 1. The number of ether oxygens (including phenoxy) is 2. The van der Waals surface area contributed by atoms with Gasteiger partial charge in [0, 0.05) is 0 Å². The largest absolute Gasteiger partial charge is 0.497 e. The van der Waals surface area contributed by atoms with E-state index in [1.165, 1.54) is 0 Å². The van der Waals surface area contributed by atoms with E-state index in [4.69, 9.17) is 9.47 Å². The first kappa shape index (κ1) is 17.1. The molecule has 1 aliphatic heterocycles. The molecule has 0 radical (unpaired) electrons. The Labute approximate surface area is 138 Å². The summed E-state index contributed by atoms with van der Waals surface area (Å²) in [6, 6.07) is 7.12. The van der Waals surface area contributed by atoms with E-state index in [2.05, 4.69) is 0 Å². The molecule has 1 fully saturated rings. The lowest BCUT2D eigenvalue weighted by Gasteiger charge is -2.13. The van der Waals surface area contributed by atoms with Gasteiger partial charge < -0.3 is 9.47 Å². The Morgan fingerprint density at radius 3 is 2.74 bits per heavy atom. The number of methoxy groups -OCH3 is 1. The molecule has 2 amide bonds. The maximum atomic E-state index is 12.3. The Kier molecular flexibility index (Phi) is 5.44. The van der Waals surface area contributed by atoms with Gasteiger partial charge >= 0.3 is 5.97 Å². The van der Waals surface area contributed by atoms with Gasteiger partial charge in [0.05, 0.1) is 18.1 Å². The molecule has 1 heterocycles. The average Bonchev–Trinajstić information content (AvgIpc) is 2.74. The molecule has 1 aromatic carbocycles. The fraction of sp³-hybridized carbons (Fsp3) is 0.312. The summed E-state index contributed by atoms with van der Waals surface area (Å²) in [6.07, 6.45) is 1.30. The number of esters is 1. The lowest BCUT2D eigenvalue weighted by molar-refractivity contribution is -0.149. The van der Waals surface area contributed by atoms with Crippen LogP contribution < -0.4 is 4.74 Å². The summed E-state index contributed by atoms with van der Waals surface area (Å²) in [5.41, 5.74) is 0.736. The van der Waals surface area contributed by atoms with Crippen molar-refractivity contribution in [1.82, 2.24) is 4.90 Å². The first-order valence-electron chi connectivity index (χ1n) is 6.99. The summed E-state index contributed by atoms with van der Waals surface area (Å²) >= 11 is 0.801. The molecule has 7 heteroatoms. The average molecular weight is 335 g/mol. The highest BCUT2D eigenvalue weighted by Crippen LogP contribution is 2.32. The molecule has 0 bridgehead atoms. The molecular weight excluding hydrogens is 318 g/mol. The highest BCUT2D eigenvalue weighted by atomic mass is 32.2. The van der Waals surface area contributed by atoms with Crippen LogP contribution in [-0.2, 0) is 14.3 Å². The number of thioether (sulfide) groups is 1. The van der Waals surface area contributed by atoms with Gasteiger partial charge in [-0.1, -0.05) is 12.1 Å². The molecule has 1 saturated heterocycles. The summed E-state index contributed by atoms with van der Waals surface area (Å²) in [6.45, 7) is 3.03. The van der Waals surface area contributed by atoms with Crippen LogP contribution in [0.5, 0.6) is 5.75 Å². The van der Waals surface area contributed by atoms with Crippen LogP contribution in [0, 0.1) is 0 Å². The number of hydrogen-bond donors (Lipinski definition) is 0. The van der Waals surface area contributed by atoms with Gasteiger partial charge in [0.2, 0.25) is 0 Å². The Bertz CT molecular complexity index is 668. The van der Waals surface area contributed by atoms with Crippen molar-refractivity contribution >= 4 is 35.0 Å². The second-order valence-corrected chi connectivity index (χ2v) is 6.08. The lowest BCUT2D eigenvalue weighted by Crippen LogP contribution is -2.35. The summed E-state index contributed by atoms with van der Waals surface area (Å²) < 4.78 is 10.1. The highest BCUT2D eigenvalue weighted by molar-refractivity contribution is 8.18. The molecule has 122 valence electrons. The van der Waals surface area contributed by atoms with E-state index >= 15 is 0 Å². The summed E-state index contributed by atoms with van der Waals surface area (Å²) in [7, 11) is 1.55. The highest BCUT2D eigenvalue weighted by Gasteiger charge is 2.36. The van der Waals surface area contributed by atoms with Crippen molar-refractivity contribution in [3.05, 3.63) is 34.7 Å². The Hall–Kier alpha value is -2.28. The molecule has 0 aromatic heterocycles. The molecule has 1 aromatic rings. The minimum atomic E-state index is -0.607. The second kappa shape index (κ2) is 7.32. The third-order valence-corrected chi connectivity index (χ3v) is 3.83. The summed E-state index contributed by atoms with van der Waals surface area (Å²) in [5, 5.41) is -0.482. The van der Waals surface area contributed by atoms with Crippen LogP contribution in [-0.4, -0.2) is 41.8 Å². The molecule has 23 heavy (non-hydrogen) atoms. The minimum absolute atomic E-state index is 0.264. The quantitative estimate of drug-likeness (QED) is 0.608. The number of nitrogens with zero attached hydrogens (tertiary/aromatic N) is 1. The van der Waals surface area contributed by atoms with E-state index in [1.54, 1.807) is 51.3 Å². The monoisotopic (exact) mass is 335 g/mol. The zero-order valence-corrected chi connectivity index (χ0v) is 13.9. The molecule has 6 nitrogen and oxygen atoms in total. The third-order valence-electron chi connectivity index (χ3n) is 2.92. The molecule has 0 aliphatic carbocycles. The zero-order chi connectivity index (χ0) is 17.0. The predicted octanol–water partition coefficient (Wildman–Crippen LogP) is 2.68. The fourth-order valence-corrected chi connectivity index (χ4v) is 2.79. The van der Waals surface area contributed by atoms with Crippen molar-refractivity contribution in [3.8, 4) is 5.75 Å². The van der Waals surface area contributed by atoms with E-state index in [0.717, 1.165) is 22.2 Å². The van der Waals surface area contributed by atoms with E-state index in [9.17, 15) is 14.4 Å². The van der Waals surface area contributed by atoms with Crippen LogP contribution in [0.25, 0.3) is 6.08 Å². The number of carbonyl (C=O) groups excluding carboxylic acids is 3. The van der Waals surface area contributed by atoms with Gasteiger partial charge in [-0.05, 0) is 49.4 Å². The number of amides is 2. The Balaban J connectivity index is 2.14. The smallest absolute Gasteiger partial charge is 0.326 e. The maximum Gasteiger partial charge on any atom is 0.326 e. The van der Waals surface area contributed by atoms with Crippen molar-refractivity contribution < 1.29 is 23.9 Å². The molecule has 0 N–H and O–H groups in total. The Morgan fingerprint density at radius 1 is 1.35 bits per heavy atom. The summed E-state index contributed by atoms with van der Waals surface area (Å²) in [5.74, 6) is -0.452. The van der Waals surface area contributed by atoms with E-state index in [0.29, 0.717) is 5.75 Å². The third kappa shape index (κ3) is 4.35. The normalized spacial score (nSPS) is 16.3. The van der Waals surface area contributed by atoms with Crippen LogP contribution in [0.2, 0.25) is 0 Å². The molecule has 2 rings (SSSR count). The number of hydrogen-bond acceptors (Lipinski definition) is 6. The first-order valence-corrected chi connectivity index (χ1v) is 7.81. The van der Waals surface area contributed by atoms with Crippen molar-refractivity contribution in [3.63, 3.8) is 0 Å². The van der Waals surface area contributed by atoms with Crippen LogP contribution >= 0.6 is 11.8 Å². The number of rotatable bonds is 5. The van der Waals surface area contributed by atoms with Gasteiger partial charge in [-0.3, -0.25) is 19.3 Å². The van der Waals surface area contributed by atoms with Crippen LogP contribution in [0.15, 0.2) is 29.2 Å². The fourth-order valence-electron chi connectivity index (χ4n) is 1.95. The van der Waals surface area contributed by atoms with Gasteiger partial charge in [0.25, 0.3) is 11.1 Å². The van der Waals surface area contributed by atoms with Crippen LogP contribution in [0.4, 0.5) is 4.79 Å². The van der Waals surface area contributed by atoms with Gasteiger partial charge in [0.15, 0.2) is 0 Å². The number of carbonyl (C=O) groups is 3. The van der Waals surface area contributed by atoms with Crippen molar-refractivity contribution in [1.29, 1.82) is 0 Å². The molecule has 1 aliphatic rings. The predicted molar refractivity (Wildman–Crippen MR) is 86.9 cm³/mol. The Morgan fingerprint density at radius 2 is 2.09 bits per heavy atom. The molecule has 0 spiro atoms. The summed E-state index contributed by atoms with van der Waals surface area (Å²) in [4.78, 5) is 37.0. The van der Waals surface area contributed by atoms with Crippen LogP contribution in [0.1, 0.15) is 19.4 Å². The molecule has 0 unspecified atom stereocenters. The lowest BCUT2D eigenvalue weighted by atomic mass is 10.2. The van der Waals surface area contributed by atoms with E-state index < -0.39 is 17.1 Å². The van der Waals surface area contributed by atoms with Gasteiger partial charge in [0.1, 0.15) is 12.3 Å². The molecular formula is C16H17NO5S.